The molecule has 2 rings (SSSR count). The molecular weight excluding hydrogens is 262 g/mol. The molecule has 0 saturated heterocycles. The maximum Gasteiger partial charge on any atom is 0.251 e. The van der Waals surface area contributed by atoms with Gasteiger partial charge in [0.1, 0.15) is 6.61 Å². The Morgan fingerprint density at radius 2 is 2.24 bits per heavy atom. The zero-order chi connectivity index (χ0) is 15.2. The maximum absolute atomic E-state index is 12.2. The van der Waals surface area contributed by atoms with Crippen molar-refractivity contribution in [2.24, 2.45) is 11.8 Å². The van der Waals surface area contributed by atoms with E-state index < -0.39 is 0 Å². The van der Waals surface area contributed by atoms with Crippen LogP contribution in [0.25, 0.3) is 0 Å². The fourth-order valence-corrected chi connectivity index (χ4v) is 2.88. The molecule has 0 radical (unpaired) electrons. The number of rotatable bonds is 3. The van der Waals surface area contributed by atoms with Crippen molar-refractivity contribution in [1.82, 2.24) is 5.32 Å². The van der Waals surface area contributed by atoms with Crippen LogP contribution in [-0.2, 0) is 0 Å². The Morgan fingerprint density at radius 3 is 2.90 bits per heavy atom. The lowest BCUT2D eigenvalue weighted by atomic mass is 10.0. The predicted molar refractivity (Wildman–Crippen MR) is 84.0 cm³/mol. The molecule has 0 bridgehead atoms. The molecule has 1 aliphatic carbocycles. The van der Waals surface area contributed by atoms with Gasteiger partial charge >= 0.3 is 0 Å². The van der Waals surface area contributed by atoms with Crippen LogP contribution < -0.4 is 5.32 Å². The second-order valence-corrected chi connectivity index (χ2v) is 5.98. The van der Waals surface area contributed by atoms with Gasteiger partial charge in [0.2, 0.25) is 0 Å². The molecule has 3 heteroatoms. The van der Waals surface area contributed by atoms with Gasteiger partial charge in [-0.3, -0.25) is 4.79 Å². The summed E-state index contributed by atoms with van der Waals surface area (Å²) in [5.41, 5.74) is 2.44. The minimum absolute atomic E-state index is 0.0402. The summed E-state index contributed by atoms with van der Waals surface area (Å²) in [5.74, 6) is 6.87. The summed E-state index contributed by atoms with van der Waals surface area (Å²) in [6.07, 6.45) is 3.69. The Balaban J connectivity index is 1.98. The summed E-state index contributed by atoms with van der Waals surface area (Å²) >= 11 is 0. The molecule has 1 fully saturated rings. The summed E-state index contributed by atoms with van der Waals surface area (Å²) in [5, 5.41) is 11.8. The molecule has 2 N–H and O–H groups in total. The van der Waals surface area contributed by atoms with Crippen LogP contribution in [0.4, 0.5) is 0 Å². The van der Waals surface area contributed by atoms with Gasteiger partial charge in [-0.05, 0) is 49.3 Å². The summed E-state index contributed by atoms with van der Waals surface area (Å²) < 4.78 is 0. The van der Waals surface area contributed by atoms with Gasteiger partial charge in [-0.2, -0.15) is 0 Å². The standard InChI is InChI=1S/C18H23NO2/c1-13-5-7-15(10-13)12-19-18(21)17-8-6-14(2)16(11-17)4-3-9-20/h6,8,11,13,15,20H,5,7,9-10,12H2,1-2H3,(H,19,21). The molecule has 1 amide bonds. The average Bonchev–Trinajstić information content (AvgIpc) is 2.89. The molecule has 0 aromatic heterocycles. The Bertz CT molecular complexity index is 568. The first-order valence-electron chi connectivity index (χ1n) is 7.58. The quantitative estimate of drug-likeness (QED) is 0.838. The van der Waals surface area contributed by atoms with E-state index in [9.17, 15) is 4.79 Å². The number of hydrogen-bond acceptors (Lipinski definition) is 2. The highest BCUT2D eigenvalue weighted by molar-refractivity contribution is 5.94. The molecule has 1 aliphatic rings. The van der Waals surface area contributed by atoms with E-state index in [0.29, 0.717) is 11.5 Å². The van der Waals surface area contributed by atoms with Crippen molar-refractivity contribution in [3.05, 3.63) is 34.9 Å². The fraction of sp³-hybridized carbons (Fsp3) is 0.500. The van der Waals surface area contributed by atoms with Crippen LogP contribution in [0, 0.1) is 30.6 Å². The van der Waals surface area contributed by atoms with Gasteiger partial charge in [-0.15, -0.1) is 0 Å². The molecule has 112 valence electrons. The summed E-state index contributed by atoms with van der Waals surface area (Å²) in [6.45, 7) is 4.81. The largest absolute Gasteiger partial charge is 0.384 e. The lowest BCUT2D eigenvalue weighted by Gasteiger charge is -2.11. The minimum Gasteiger partial charge on any atom is -0.384 e. The van der Waals surface area contributed by atoms with Gasteiger partial charge in [0.25, 0.3) is 5.91 Å². The number of hydrogen-bond donors (Lipinski definition) is 2. The summed E-state index contributed by atoms with van der Waals surface area (Å²) in [6, 6.07) is 5.52. The van der Waals surface area contributed by atoms with Crippen molar-refractivity contribution < 1.29 is 9.90 Å². The van der Waals surface area contributed by atoms with E-state index in [4.69, 9.17) is 5.11 Å². The molecule has 2 unspecified atom stereocenters. The first kappa shape index (κ1) is 15.6. The van der Waals surface area contributed by atoms with E-state index in [1.165, 1.54) is 19.3 Å². The van der Waals surface area contributed by atoms with Crippen molar-refractivity contribution in [3.63, 3.8) is 0 Å². The van der Waals surface area contributed by atoms with Gasteiger partial charge in [0, 0.05) is 17.7 Å². The number of aliphatic hydroxyl groups is 1. The van der Waals surface area contributed by atoms with Crippen LogP contribution in [0.3, 0.4) is 0 Å². The Hall–Kier alpha value is -1.79. The van der Waals surface area contributed by atoms with Crippen molar-refractivity contribution in [2.75, 3.05) is 13.2 Å². The molecule has 0 aliphatic heterocycles. The van der Waals surface area contributed by atoms with E-state index in [-0.39, 0.29) is 12.5 Å². The minimum atomic E-state index is -0.171. The molecule has 21 heavy (non-hydrogen) atoms. The number of amides is 1. The van der Waals surface area contributed by atoms with Crippen molar-refractivity contribution >= 4 is 5.91 Å². The third-order valence-corrected chi connectivity index (χ3v) is 4.16. The number of carbonyl (C=O) groups is 1. The summed E-state index contributed by atoms with van der Waals surface area (Å²) in [4.78, 5) is 12.2. The van der Waals surface area contributed by atoms with Gasteiger partial charge in [-0.25, -0.2) is 0 Å². The Morgan fingerprint density at radius 1 is 1.43 bits per heavy atom. The number of aryl methyl sites for hydroxylation is 1. The van der Waals surface area contributed by atoms with Gasteiger partial charge in [-0.1, -0.05) is 31.3 Å². The zero-order valence-electron chi connectivity index (χ0n) is 12.8. The normalized spacial score (nSPS) is 20.7. The molecule has 2 atom stereocenters. The number of aliphatic hydroxyl groups excluding tert-OH is 1. The molecule has 1 aromatic rings. The topological polar surface area (TPSA) is 49.3 Å². The van der Waals surface area contributed by atoms with Crippen molar-refractivity contribution in [2.45, 2.75) is 33.1 Å². The number of carbonyl (C=O) groups excluding carboxylic acids is 1. The van der Waals surface area contributed by atoms with Gasteiger partial charge in [0.15, 0.2) is 0 Å². The van der Waals surface area contributed by atoms with Crippen LogP contribution in [0.5, 0.6) is 0 Å². The third kappa shape index (κ3) is 4.34. The summed E-state index contributed by atoms with van der Waals surface area (Å²) in [7, 11) is 0. The molecule has 0 heterocycles. The monoisotopic (exact) mass is 285 g/mol. The second kappa shape index (κ2) is 7.28. The highest BCUT2D eigenvalue weighted by atomic mass is 16.2. The van der Waals surface area contributed by atoms with E-state index in [1.807, 2.05) is 19.1 Å². The first-order chi connectivity index (χ1) is 10.1. The molecule has 0 spiro atoms. The molecular formula is C18H23NO2. The number of benzene rings is 1. The Labute approximate surface area is 126 Å². The lowest BCUT2D eigenvalue weighted by molar-refractivity contribution is 0.0947. The van der Waals surface area contributed by atoms with E-state index in [2.05, 4.69) is 24.1 Å². The highest BCUT2D eigenvalue weighted by Gasteiger charge is 2.21. The van der Waals surface area contributed by atoms with Crippen molar-refractivity contribution in [1.29, 1.82) is 0 Å². The maximum atomic E-state index is 12.2. The number of nitrogens with one attached hydrogen (secondary N) is 1. The molecule has 1 aromatic carbocycles. The SMILES string of the molecule is Cc1ccc(C(=O)NCC2CCC(C)C2)cc1C#CCO. The van der Waals surface area contributed by atoms with Crippen LogP contribution in [0.15, 0.2) is 18.2 Å². The average molecular weight is 285 g/mol. The third-order valence-electron chi connectivity index (χ3n) is 4.16. The van der Waals surface area contributed by atoms with Crippen LogP contribution in [0.2, 0.25) is 0 Å². The van der Waals surface area contributed by atoms with Crippen LogP contribution in [0.1, 0.15) is 47.7 Å². The first-order valence-corrected chi connectivity index (χ1v) is 7.58. The highest BCUT2D eigenvalue weighted by Crippen LogP contribution is 2.29. The van der Waals surface area contributed by atoms with E-state index >= 15 is 0 Å². The second-order valence-electron chi connectivity index (χ2n) is 5.98. The Kier molecular flexibility index (Phi) is 5.41. The van der Waals surface area contributed by atoms with Gasteiger partial charge < -0.3 is 10.4 Å². The smallest absolute Gasteiger partial charge is 0.251 e. The fourth-order valence-electron chi connectivity index (χ4n) is 2.88. The van der Waals surface area contributed by atoms with Gasteiger partial charge in [0.05, 0.1) is 0 Å². The van der Waals surface area contributed by atoms with Crippen molar-refractivity contribution in [3.8, 4) is 11.8 Å². The van der Waals surface area contributed by atoms with E-state index in [1.54, 1.807) is 6.07 Å². The van der Waals surface area contributed by atoms with Crippen LogP contribution >= 0.6 is 0 Å². The van der Waals surface area contributed by atoms with E-state index in [0.717, 1.165) is 23.6 Å². The van der Waals surface area contributed by atoms with Crippen LogP contribution in [-0.4, -0.2) is 24.2 Å². The molecule has 1 saturated carbocycles. The zero-order valence-corrected chi connectivity index (χ0v) is 12.8. The predicted octanol–water partition coefficient (Wildman–Crippen LogP) is 2.50. The lowest BCUT2D eigenvalue weighted by Crippen LogP contribution is -2.28. The molecule has 3 nitrogen and oxygen atoms in total.